The van der Waals surface area contributed by atoms with Gasteiger partial charge in [-0.25, -0.2) is 0 Å². The Morgan fingerprint density at radius 1 is 1.15 bits per heavy atom. The lowest BCUT2D eigenvalue weighted by molar-refractivity contribution is -0.141. The van der Waals surface area contributed by atoms with Crippen molar-refractivity contribution >= 4 is 28.9 Å². The Labute approximate surface area is 128 Å². The van der Waals surface area contributed by atoms with Crippen LogP contribution in [0.4, 0.5) is 0 Å². The molecular formula is C16H17ClO2S. The van der Waals surface area contributed by atoms with Crippen molar-refractivity contribution in [3.8, 4) is 0 Å². The zero-order valence-electron chi connectivity index (χ0n) is 11.3. The average molecular weight is 309 g/mol. The molecule has 0 aliphatic heterocycles. The molecule has 1 aromatic heterocycles. The highest BCUT2D eigenvalue weighted by atomic mass is 35.5. The Kier molecular flexibility index (Phi) is 5.21. The number of halogens is 1. The predicted octanol–water partition coefficient (Wildman–Crippen LogP) is 4.45. The fourth-order valence-electron chi connectivity index (χ4n) is 2.12. The molecule has 0 saturated heterocycles. The van der Waals surface area contributed by atoms with Crippen molar-refractivity contribution in [1.29, 1.82) is 0 Å². The molecule has 1 heterocycles. The third-order valence-corrected chi connectivity index (χ3v) is 4.76. The van der Waals surface area contributed by atoms with Crippen molar-refractivity contribution in [3.63, 3.8) is 0 Å². The van der Waals surface area contributed by atoms with Crippen LogP contribution in [0, 0.1) is 5.92 Å². The van der Waals surface area contributed by atoms with E-state index in [-0.39, 0.29) is 5.92 Å². The summed E-state index contributed by atoms with van der Waals surface area (Å²) in [5, 5.41) is 10.1. The van der Waals surface area contributed by atoms with Gasteiger partial charge in [0.05, 0.1) is 5.92 Å². The van der Waals surface area contributed by atoms with Gasteiger partial charge >= 0.3 is 5.97 Å². The molecule has 2 rings (SSSR count). The number of hydrogen-bond donors (Lipinski definition) is 1. The predicted molar refractivity (Wildman–Crippen MR) is 83.7 cm³/mol. The van der Waals surface area contributed by atoms with Crippen molar-refractivity contribution < 1.29 is 9.90 Å². The zero-order valence-corrected chi connectivity index (χ0v) is 12.9. The lowest BCUT2D eigenvalue weighted by Gasteiger charge is -2.11. The van der Waals surface area contributed by atoms with Crippen molar-refractivity contribution in [1.82, 2.24) is 0 Å². The van der Waals surface area contributed by atoms with E-state index in [0.29, 0.717) is 17.9 Å². The number of thiophene rings is 1. The minimum Gasteiger partial charge on any atom is -0.481 e. The Bertz CT molecular complexity index is 574. The van der Waals surface area contributed by atoms with Gasteiger partial charge in [-0.2, -0.15) is 0 Å². The minimum absolute atomic E-state index is 0.389. The lowest BCUT2D eigenvalue weighted by Crippen LogP contribution is -2.18. The van der Waals surface area contributed by atoms with E-state index in [1.165, 1.54) is 4.88 Å². The molecule has 0 spiro atoms. The average Bonchev–Trinajstić information content (AvgIpc) is 2.88. The molecule has 2 nitrogen and oxygen atoms in total. The van der Waals surface area contributed by atoms with Crippen LogP contribution in [0.3, 0.4) is 0 Å². The van der Waals surface area contributed by atoms with Crippen molar-refractivity contribution in [3.05, 3.63) is 56.7 Å². The van der Waals surface area contributed by atoms with Crippen LogP contribution in [0.1, 0.15) is 22.2 Å². The molecule has 0 bridgehead atoms. The Balaban J connectivity index is 2.07. The summed E-state index contributed by atoms with van der Waals surface area (Å²) in [6.07, 6.45) is 2.12. The SMILES string of the molecule is CCc1ccc(CC(Cc2ccc(Cl)cc2)C(=O)O)s1. The van der Waals surface area contributed by atoms with E-state index in [1.54, 1.807) is 23.5 Å². The Hall–Kier alpha value is -1.32. The molecule has 0 amide bonds. The summed E-state index contributed by atoms with van der Waals surface area (Å²) < 4.78 is 0. The summed E-state index contributed by atoms with van der Waals surface area (Å²) in [7, 11) is 0. The van der Waals surface area contributed by atoms with Gasteiger partial charge in [-0.15, -0.1) is 11.3 Å². The molecule has 0 fully saturated rings. The molecule has 2 aromatic rings. The minimum atomic E-state index is -0.744. The molecule has 20 heavy (non-hydrogen) atoms. The van der Waals surface area contributed by atoms with Gasteiger partial charge in [-0.05, 0) is 49.1 Å². The van der Waals surface area contributed by atoms with Crippen molar-refractivity contribution in [2.45, 2.75) is 26.2 Å². The molecule has 0 radical (unpaired) electrons. The topological polar surface area (TPSA) is 37.3 Å². The molecule has 0 aliphatic carbocycles. The Morgan fingerprint density at radius 3 is 2.35 bits per heavy atom. The fourth-order valence-corrected chi connectivity index (χ4v) is 3.28. The first-order valence-corrected chi connectivity index (χ1v) is 7.82. The molecule has 1 N–H and O–H groups in total. The van der Waals surface area contributed by atoms with Gasteiger partial charge in [0.15, 0.2) is 0 Å². The van der Waals surface area contributed by atoms with E-state index in [1.807, 2.05) is 18.2 Å². The lowest BCUT2D eigenvalue weighted by atomic mass is 9.96. The maximum absolute atomic E-state index is 11.4. The molecule has 1 unspecified atom stereocenters. The van der Waals surface area contributed by atoms with Gasteiger partial charge in [-0.3, -0.25) is 4.79 Å². The second-order valence-corrected chi connectivity index (χ2v) is 6.48. The summed E-state index contributed by atoms with van der Waals surface area (Å²) in [4.78, 5) is 13.9. The number of aryl methyl sites for hydroxylation is 1. The summed E-state index contributed by atoms with van der Waals surface area (Å²) in [6.45, 7) is 2.11. The van der Waals surface area contributed by atoms with Crippen LogP contribution >= 0.6 is 22.9 Å². The van der Waals surface area contributed by atoms with Crippen LogP contribution in [0.5, 0.6) is 0 Å². The van der Waals surface area contributed by atoms with E-state index in [0.717, 1.165) is 16.9 Å². The number of benzene rings is 1. The molecule has 1 aromatic carbocycles. The van der Waals surface area contributed by atoms with E-state index >= 15 is 0 Å². The van der Waals surface area contributed by atoms with Gasteiger partial charge in [-0.1, -0.05) is 30.7 Å². The highest BCUT2D eigenvalue weighted by molar-refractivity contribution is 7.12. The summed E-state index contributed by atoms with van der Waals surface area (Å²) in [6, 6.07) is 11.5. The standard InChI is InChI=1S/C16H17ClO2S/c1-2-14-7-8-15(20-14)10-12(16(18)19)9-11-3-5-13(17)6-4-11/h3-8,12H,2,9-10H2,1H3,(H,18,19). The number of carbonyl (C=O) groups is 1. The first-order valence-electron chi connectivity index (χ1n) is 6.63. The van der Waals surface area contributed by atoms with E-state index in [2.05, 4.69) is 13.0 Å². The van der Waals surface area contributed by atoms with Crippen LogP contribution in [0.2, 0.25) is 5.02 Å². The van der Waals surface area contributed by atoms with Gasteiger partial charge in [0, 0.05) is 14.8 Å². The van der Waals surface area contributed by atoms with Crippen LogP contribution < -0.4 is 0 Å². The second-order valence-electron chi connectivity index (χ2n) is 4.79. The fraction of sp³-hybridized carbons (Fsp3) is 0.312. The third kappa shape index (κ3) is 4.09. The van der Waals surface area contributed by atoms with Crippen LogP contribution in [0.25, 0.3) is 0 Å². The molecule has 0 saturated carbocycles. The molecule has 0 aliphatic rings. The monoisotopic (exact) mass is 308 g/mol. The van der Waals surface area contributed by atoms with Crippen LogP contribution in [-0.4, -0.2) is 11.1 Å². The summed E-state index contributed by atoms with van der Waals surface area (Å²) >= 11 is 7.55. The first-order chi connectivity index (χ1) is 9.58. The van der Waals surface area contributed by atoms with E-state index < -0.39 is 5.97 Å². The molecule has 106 valence electrons. The number of rotatable bonds is 6. The smallest absolute Gasteiger partial charge is 0.307 e. The summed E-state index contributed by atoms with van der Waals surface area (Å²) in [5.74, 6) is -1.13. The van der Waals surface area contributed by atoms with Crippen molar-refractivity contribution in [2.24, 2.45) is 5.92 Å². The van der Waals surface area contributed by atoms with E-state index in [9.17, 15) is 9.90 Å². The number of aliphatic carboxylic acids is 1. The second kappa shape index (κ2) is 6.91. The maximum Gasteiger partial charge on any atom is 0.307 e. The molecule has 4 heteroatoms. The number of carboxylic acids is 1. The molecule has 1 atom stereocenters. The summed E-state index contributed by atoms with van der Waals surface area (Å²) in [5.41, 5.74) is 1.01. The number of hydrogen-bond acceptors (Lipinski definition) is 2. The highest BCUT2D eigenvalue weighted by Gasteiger charge is 2.19. The quantitative estimate of drug-likeness (QED) is 0.856. The van der Waals surface area contributed by atoms with Gasteiger partial charge in [0.1, 0.15) is 0 Å². The first kappa shape index (κ1) is 15.1. The Morgan fingerprint density at radius 2 is 1.80 bits per heavy atom. The maximum atomic E-state index is 11.4. The number of carboxylic acid groups (broad SMARTS) is 1. The highest BCUT2D eigenvalue weighted by Crippen LogP contribution is 2.23. The van der Waals surface area contributed by atoms with Crippen LogP contribution in [0.15, 0.2) is 36.4 Å². The van der Waals surface area contributed by atoms with Crippen LogP contribution in [-0.2, 0) is 24.1 Å². The largest absolute Gasteiger partial charge is 0.481 e. The normalized spacial score (nSPS) is 12.3. The van der Waals surface area contributed by atoms with E-state index in [4.69, 9.17) is 11.6 Å². The van der Waals surface area contributed by atoms with Gasteiger partial charge in [0.25, 0.3) is 0 Å². The van der Waals surface area contributed by atoms with Crippen molar-refractivity contribution in [2.75, 3.05) is 0 Å². The van der Waals surface area contributed by atoms with Gasteiger partial charge in [0.2, 0.25) is 0 Å². The third-order valence-electron chi connectivity index (χ3n) is 3.26. The molecular weight excluding hydrogens is 292 g/mol. The van der Waals surface area contributed by atoms with Gasteiger partial charge < -0.3 is 5.11 Å². The zero-order chi connectivity index (χ0) is 14.5.